The molecule has 0 saturated heterocycles. The van der Waals surface area contributed by atoms with Gasteiger partial charge >= 0.3 is 0 Å². The highest BCUT2D eigenvalue weighted by atomic mass is 127. The number of carbonyl (C=O) groups is 1. The maximum atomic E-state index is 13.0. The first kappa shape index (κ1) is 20.4. The molecule has 0 radical (unpaired) electrons. The summed E-state index contributed by atoms with van der Waals surface area (Å²) in [4.78, 5) is 13.0. The van der Waals surface area contributed by atoms with Gasteiger partial charge in [-0.15, -0.1) is 0 Å². The van der Waals surface area contributed by atoms with Gasteiger partial charge in [0, 0.05) is 9.61 Å². The van der Waals surface area contributed by atoms with E-state index in [2.05, 4.69) is 34.8 Å². The third-order valence-corrected chi connectivity index (χ3v) is 8.34. The number of hydrogen-bond donors (Lipinski definition) is 1. The van der Waals surface area contributed by atoms with Crippen molar-refractivity contribution in [1.82, 2.24) is 5.32 Å². The fourth-order valence-corrected chi connectivity index (χ4v) is 7.14. The number of carbonyl (C=O) groups excluding carboxylic acids is 1. The van der Waals surface area contributed by atoms with Gasteiger partial charge in [-0.25, -0.2) is 0 Å². The van der Waals surface area contributed by atoms with Crippen LogP contribution in [0.2, 0.25) is 0 Å². The summed E-state index contributed by atoms with van der Waals surface area (Å²) in [5.41, 5.74) is 0.308. The number of ether oxygens (including phenoxy) is 1. The third-order valence-electron chi connectivity index (χ3n) is 7.62. The van der Waals surface area contributed by atoms with Gasteiger partial charge in [-0.3, -0.25) is 4.79 Å². The van der Waals surface area contributed by atoms with Crippen molar-refractivity contribution in [3.8, 4) is 5.75 Å². The molecule has 1 amide bonds. The van der Waals surface area contributed by atoms with Crippen molar-refractivity contribution >= 4 is 28.5 Å². The number of nitrogens with one attached hydrogen (secondary N) is 1. The van der Waals surface area contributed by atoms with Gasteiger partial charge in [-0.2, -0.15) is 0 Å². The molecule has 30 heavy (non-hydrogen) atoms. The molecule has 4 bridgehead atoms. The maximum Gasteiger partial charge on any atom is 0.287 e. The molecule has 0 aliphatic heterocycles. The number of benzene rings is 1. The summed E-state index contributed by atoms with van der Waals surface area (Å²) in [7, 11) is 0. The minimum atomic E-state index is -0.0851. The van der Waals surface area contributed by atoms with E-state index >= 15 is 0 Å². The Kier molecular flexibility index (Phi) is 5.58. The average molecular weight is 519 g/mol. The Balaban J connectivity index is 1.22. The quantitative estimate of drug-likeness (QED) is 0.444. The summed E-state index contributed by atoms with van der Waals surface area (Å²) in [5, 5.41) is 3.36. The molecule has 1 aromatic heterocycles. The van der Waals surface area contributed by atoms with E-state index in [1.807, 2.05) is 30.3 Å². The summed E-state index contributed by atoms with van der Waals surface area (Å²) >= 11 is 2.27. The van der Waals surface area contributed by atoms with Crippen LogP contribution in [0.15, 0.2) is 40.8 Å². The van der Waals surface area contributed by atoms with Crippen LogP contribution in [0.5, 0.6) is 5.75 Å². The van der Waals surface area contributed by atoms with Crippen molar-refractivity contribution < 1.29 is 13.9 Å². The molecular formula is C25H30INO3. The Labute approximate surface area is 192 Å². The fraction of sp³-hybridized carbons (Fsp3) is 0.560. The molecule has 1 N–H and O–H groups in total. The molecule has 6 rings (SSSR count). The minimum Gasteiger partial charge on any atom is -0.486 e. The molecule has 4 aliphatic carbocycles. The van der Waals surface area contributed by atoms with Crippen LogP contribution in [-0.2, 0) is 6.61 Å². The molecule has 4 aliphatic rings. The number of halogens is 1. The summed E-state index contributed by atoms with van der Waals surface area (Å²) < 4.78 is 12.8. The van der Waals surface area contributed by atoms with Crippen LogP contribution in [0.25, 0.3) is 0 Å². The van der Waals surface area contributed by atoms with Crippen molar-refractivity contribution in [1.29, 1.82) is 0 Å². The minimum absolute atomic E-state index is 0.0851. The van der Waals surface area contributed by atoms with E-state index in [0.29, 0.717) is 23.5 Å². The number of hydrogen-bond acceptors (Lipinski definition) is 3. The second-order valence-electron chi connectivity index (χ2n) is 9.72. The van der Waals surface area contributed by atoms with E-state index in [1.165, 1.54) is 42.1 Å². The van der Waals surface area contributed by atoms with Gasteiger partial charge in [0.1, 0.15) is 18.1 Å². The highest BCUT2D eigenvalue weighted by molar-refractivity contribution is 14.1. The zero-order valence-electron chi connectivity index (χ0n) is 17.5. The van der Waals surface area contributed by atoms with Crippen LogP contribution in [-0.4, -0.2) is 11.9 Å². The van der Waals surface area contributed by atoms with Crippen molar-refractivity contribution in [2.45, 2.75) is 64.5 Å². The molecular weight excluding hydrogens is 489 g/mol. The van der Waals surface area contributed by atoms with Crippen LogP contribution in [0.4, 0.5) is 0 Å². The van der Waals surface area contributed by atoms with Gasteiger partial charge < -0.3 is 14.5 Å². The summed E-state index contributed by atoms with van der Waals surface area (Å²) in [6.45, 7) is 2.53. The molecule has 0 spiro atoms. The maximum absolute atomic E-state index is 13.0. The SMILES string of the molecule is CCC(NC(=O)c1ccc(COc2ccc(I)cc2)o1)C12CC3CC(CC(C3)C1)C2. The largest absolute Gasteiger partial charge is 0.486 e. The Morgan fingerprint density at radius 3 is 2.33 bits per heavy atom. The van der Waals surface area contributed by atoms with Crippen molar-refractivity contribution in [2.24, 2.45) is 23.2 Å². The highest BCUT2D eigenvalue weighted by Crippen LogP contribution is 2.61. The van der Waals surface area contributed by atoms with Crippen LogP contribution in [0, 0.1) is 26.7 Å². The molecule has 5 heteroatoms. The first-order valence-corrected chi connectivity index (χ1v) is 12.4. The Morgan fingerprint density at radius 2 is 1.73 bits per heavy atom. The molecule has 4 nitrogen and oxygen atoms in total. The Hall–Kier alpha value is -1.50. The first-order valence-electron chi connectivity index (χ1n) is 11.3. The first-order chi connectivity index (χ1) is 14.5. The van der Waals surface area contributed by atoms with E-state index in [-0.39, 0.29) is 11.9 Å². The zero-order valence-corrected chi connectivity index (χ0v) is 19.7. The topological polar surface area (TPSA) is 51.5 Å². The van der Waals surface area contributed by atoms with E-state index < -0.39 is 0 Å². The predicted molar refractivity (Wildman–Crippen MR) is 124 cm³/mol. The van der Waals surface area contributed by atoms with Crippen LogP contribution in [0.1, 0.15) is 68.2 Å². The second kappa shape index (κ2) is 8.21. The molecule has 2 aromatic rings. The molecule has 4 fully saturated rings. The second-order valence-corrected chi connectivity index (χ2v) is 11.0. The lowest BCUT2D eigenvalue weighted by Gasteiger charge is -2.59. The van der Waals surface area contributed by atoms with Crippen LogP contribution < -0.4 is 10.1 Å². The van der Waals surface area contributed by atoms with Gasteiger partial charge in [-0.1, -0.05) is 6.92 Å². The molecule has 1 unspecified atom stereocenters. The Morgan fingerprint density at radius 1 is 1.10 bits per heavy atom. The van der Waals surface area contributed by atoms with Gasteiger partial charge in [0.2, 0.25) is 0 Å². The molecule has 4 saturated carbocycles. The highest BCUT2D eigenvalue weighted by Gasteiger charge is 2.54. The van der Waals surface area contributed by atoms with Gasteiger partial charge in [0.15, 0.2) is 5.76 Å². The summed E-state index contributed by atoms with van der Waals surface area (Å²) in [5.74, 6) is 4.42. The lowest BCUT2D eigenvalue weighted by Crippen LogP contribution is -2.56. The van der Waals surface area contributed by atoms with Crippen LogP contribution in [0.3, 0.4) is 0 Å². The molecule has 160 valence electrons. The number of amides is 1. The predicted octanol–water partition coefficient (Wildman–Crippen LogP) is 6.19. The van der Waals surface area contributed by atoms with E-state index in [0.717, 1.165) is 29.9 Å². The fourth-order valence-electron chi connectivity index (χ4n) is 6.78. The average Bonchev–Trinajstić information content (AvgIpc) is 3.19. The number of furan rings is 1. The monoisotopic (exact) mass is 519 g/mol. The van der Waals surface area contributed by atoms with Crippen LogP contribution >= 0.6 is 22.6 Å². The number of rotatable bonds is 7. The molecule has 1 aromatic carbocycles. The normalized spacial score (nSPS) is 30.3. The van der Waals surface area contributed by atoms with Crippen molar-refractivity contribution in [3.05, 3.63) is 51.5 Å². The molecule has 1 atom stereocenters. The Bertz CT molecular complexity index is 868. The van der Waals surface area contributed by atoms with E-state index in [4.69, 9.17) is 9.15 Å². The third kappa shape index (κ3) is 4.02. The van der Waals surface area contributed by atoms with Gasteiger partial charge in [0.25, 0.3) is 5.91 Å². The zero-order chi connectivity index (χ0) is 20.7. The van der Waals surface area contributed by atoms with E-state index in [9.17, 15) is 4.79 Å². The summed E-state index contributed by atoms with van der Waals surface area (Å²) in [6, 6.07) is 11.8. The smallest absolute Gasteiger partial charge is 0.287 e. The lowest BCUT2D eigenvalue weighted by atomic mass is 9.47. The van der Waals surface area contributed by atoms with E-state index in [1.54, 1.807) is 6.07 Å². The molecule has 1 heterocycles. The van der Waals surface area contributed by atoms with Crippen molar-refractivity contribution in [2.75, 3.05) is 0 Å². The summed E-state index contributed by atoms with van der Waals surface area (Å²) in [6.07, 6.45) is 9.14. The van der Waals surface area contributed by atoms with Gasteiger partial charge in [-0.05, 0) is 127 Å². The van der Waals surface area contributed by atoms with Gasteiger partial charge in [0.05, 0.1) is 0 Å². The van der Waals surface area contributed by atoms with Crippen molar-refractivity contribution in [3.63, 3.8) is 0 Å². The standard InChI is InChI=1S/C25H30INO3/c1-2-23(25-12-16-9-17(13-25)11-18(10-16)14-25)27-24(28)22-8-7-21(30-22)15-29-20-5-3-19(26)4-6-20/h3-8,16-18,23H,2,9-15H2,1H3,(H,27,28). The lowest BCUT2D eigenvalue weighted by molar-refractivity contribution is -0.0728.